The number of aryl methyl sites for hydroxylation is 2. The fraction of sp³-hybridized carbons (Fsp3) is 0.294. The van der Waals surface area contributed by atoms with Gasteiger partial charge in [-0.2, -0.15) is 0 Å². The quantitative estimate of drug-likeness (QED) is 0.682. The Hall–Kier alpha value is -1.94. The van der Waals surface area contributed by atoms with Gasteiger partial charge in [0.15, 0.2) is 0 Å². The Kier molecular flexibility index (Phi) is 2.93. The van der Waals surface area contributed by atoms with Crippen molar-refractivity contribution in [2.24, 2.45) is 0 Å². The van der Waals surface area contributed by atoms with Gasteiger partial charge in [0.25, 0.3) is 0 Å². The molecule has 0 amide bonds. The molecular formula is C17H17N3S. The van der Waals surface area contributed by atoms with Crippen molar-refractivity contribution in [3.05, 3.63) is 52.2 Å². The van der Waals surface area contributed by atoms with Crippen LogP contribution in [-0.4, -0.2) is 16.5 Å². The van der Waals surface area contributed by atoms with Crippen LogP contribution in [0, 0.1) is 13.8 Å². The lowest BCUT2D eigenvalue weighted by atomic mass is 10.00. The molecule has 0 atom stereocenters. The SMILES string of the molecule is Cc1nc(N2CCc3ccccc3C2)c2cc(C)sc2n1. The molecule has 1 aromatic carbocycles. The number of thiophene rings is 1. The van der Waals surface area contributed by atoms with Crippen molar-refractivity contribution in [3.8, 4) is 0 Å². The highest BCUT2D eigenvalue weighted by molar-refractivity contribution is 7.18. The molecule has 0 radical (unpaired) electrons. The monoisotopic (exact) mass is 295 g/mol. The van der Waals surface area contributed by atoms with Gasteiger partial charge < -0.3 is 4.90 Å². The smallest absolute Gasteiger partial charge is 0.141 e. The fourth-order valence-corrected chi connectivity index (χ4v) is 3.97. The minimum Gasteiger partial charge on any atom is -0.351 e. The van der Waals surface area contributed by atoms with Gasteiger partial charge in [0, 0.05) is 18.0 Å². The van der Waals surface area contributed by atoms with Crippen LogP contribution in [0.1, 0.15) is 21.8 Å². The average molecular weight is 295 g/mol. The Morgan fingerprint density at radius 3 is 2.76 bits per heavy atom. The summed E-state index contributed by atoms with van der Waals surface area (Å²) in [5.74, 6) is 1.95. The molecule has 0 saturated carbocycles. The molecule has 0 unspecified atom stereocenters. The zero-order chi connectivity index (χ0) is 14.4. The van der Waals surface area contributed by atoms with E-state index in [-0.39, 0.29) is 0 Å². The van der Waals surface area contributed by atoms with Gasteiger partial charge in [0.2, 0.25) is 0 Å². The summed E-state index contributed by atoms with van der Waals surface area (Å²) in [5.41, 5.74) is 2.89. The summed E-state index contributed by atoms with van der Waals surface area (Å²) >= 11 is 1.75. The molecule has 3 aromatic rings. The lowest BCUT2D eigenvalue weighted by molar-refractivity contribution is 0.721. The first-order valence-electron chi connectivity index (χ1n) is 7.27. The van der Waals surface area contributed by atoms with Crippen molar-refractivity contribution in [1.29, 1.82) is 0 Å². The number of benzene rings is 1. The van der Waals surface area contributed by atoms with Gasteiger partial charge in [-0.05, 0) is 37.5 Å². The predicted octanol–water partition coefficient (Wildman–Crippen LogP) is 3.87. The maximum absolute atomic E-state index is 4.73. The first-order valence-corrected chi connectivity index (χ1v) is 8.09. The van der Waals surface area contributed by atoms with Crippen LogP contribution in [0.4, 0.5) is 5.82 Å². The zero-order valence-corrected chi connectivity index (χ0v) is 13.1. The number of anilines is 1. The summed E-state index contributed by atoms with van der Waals surface area (Å²) in [6, 6.07) is 10.9. The van der Waals surface area contributed by atoms with Crippen LogP contribution in [0.5, 0.6) is 0 Å². The van der Waals surface area contributed by atoms with Crippen LogP contribution in [-0.2, 0) is 13.0 Å². The minimum atomic E-state index is 0.859. The van der Waals surface area contributed by atoms with Crippen molar-refractivity contribution >= 4 is 27.4 Å². The molecule has 1 aliphatic rings. The van der Waals surface area contributed by atoms with Gasteiger partial charge in [-0.15, -0.1) is 11.3 Å². The Morgan fingerprint density at radius 1 is 1.10 bits per heavy atom. The van der Waals surface area contributed by atoms with Crippen LogP contribution < -0.4 is 4.90 Å². The largest absolute Gasteiger partial charge is 0.351 e. The number of aromatic nitrogens is 2. The highest BCUT2D eigenvalue weighted by atomic mass is 32.1. The fourth-order valence-electron chi connectivity index (χ4n) is 3.05. The van der Waals surface area contributed by atoms with Crippen molar-refractivity contribution in [3.63, 3.8) is 0 Å². The van der Waals surface area contributed by atoms with E-state index in [2.05, 4.69) is 47.1 Å². The highest BCUT2D eigenvalue weighted by Crippen LogP contribution is 2.33. The van der Waals surface area contributed by atoms with E-state index in [4.69, 9.17) is 4.98 Å². The van der Waals surface area contributed by atoms with Crippen LogP contribution in [0.25, 0.3) is 10.2 Å². The zero-order valence-electron chi connectivity index (χ0n) is 12.3. The number of hydrogen-bond donors (Lipinski definition) is 0. The summed E-state index contributed by atoms with van der Waals surface area (Å²) in [7, 11) is 0. The second-order valence-electron chi connectivity index (χ2n) is 5.61. The molecule has 3 heterocycles. The molecule has 21 heavy (non-hydrogen) atoms. The van der Waals surface area contributed by atoms with Gasteiger partial charge in [-0.3, -0.25) is 0 Å². The first-order chi connectivity index (χ1) is 10.2. The summed E-state index contributed by atoms with van der Waals surface area (Å²) in [6.45, 7) is 6.08. The minimum absolute atomic E-state index is 0.859. The number of rotatable bonds is 1. The molecule has 0 N–H and O–H groups in total. The molecule has 0 fully saturated rings. The van der Waals surface area contributed by atoms with E-state index in [1.54, 1.807) is 11.3 Å². The molecule has 3 nitrogen and oxygen atoms in total. The maximum Gasteiger partial charge on any atom is 0.141 e. The third-order valence-corrected chi connectivity index (χ3v) is 4.98. The Balaban J connectivity index is 1.81. The Labute approximate surface area is 128 Å². The van der Waals surface area contributed by atoms with E-state index >= 15 is 0 Å². The topological polar surface area (TPSA) is 29.0 Å². The molecular weight excluding hydrogens is 278 g/mol. The molecule has 0 bridgehead atoms. The molecule has 0 saturated heterocycles. The standard InChI is InChI=1S/C17H17N3S/c1-11-9-15-16(18-12(2)19-17(15)21-11)20-8-7-13-5-3-4-6-14(13)10-20/h3-6,9H,7-8,10H2,1-2H3. The van der Waals surface area contributed by atoms with Crippen LogP contribution in [0.2, 0.25) is 0 Å². The van der Waals surface area contributed by atoms with Gasteiger partial charge in [-0.1, -0.05) is 24.3 Å². The van der Waals surface area contributed by atoms with E-state index in [1.165, 1.54) is 21.4 Å². The molecule has 106 valence electrons. The molecule has 4 rings (SSSR count). The molecule has 4 heteroatoms. The number of hydrogen-bond acceptors (Lipinski definition) is 4. The second-order valence-corrected chi connectivity index (χ2v) is 6.85. The maximum atomic E-state index is 4.73. The van der Waals surface area contributed by atoms with Crippen LogP contribution >= 0.6 is 11.3 Å². The number of fused-ring (bicyclic) bond motifs is 2. The third-order valence-electron chi connectivity index (χ3n) is 4.04. The van der Waals surface area contributed by atoms with Gasteiger partial charge in [-0.25, -0.2) is 9.97 Å². The highest BCUT2D eigenvalue weighted by Gasteiger charge is 2.20. The molecule has 2 aromatic heterocycles. The van der Waals surface area contributed by atoms with Crippen molar-refractivity contribution < 1.29 is 0 Å². The molecule has 0 aliphatic carbocycles. The van der Waals surface area contributed by atoms with E-state index < -0.39 is 0 Å². The van der Waals surface area contributed by atoms with Gasteiger partial charge in [0.05, 0.1) is 5.39 Å². The summed E-state index contributed by atoms with van der Waals surface area (Å²) in [5, 5.41) is 1.20. The van der Waals surface area contributed by atoms with E-state index in [1.807, 2.05) is 6.92 Å². The van der Waals surface area contributed by atoms with Crippen LogP contribution in [0.15, 0.2) is 30.3 Å². The van der Waals surface area contributed by atoms with Gasteiger partial charge in [0.1, 0.15) is 16.5 Å². The Morgan fingerprint density at radius 2 is 1.90 bits per heavy atom. The average Bonchev–Trinajstić information content (AvgIpc) is 2.86. The van der Waals surface area contributed by atoms with Gasteiger partial charge >= 0.3 is 0 Å². The predicted molar refractivity (Wildman–Crippen MR) is 88.1 cm³/mol. The normalized spacial score (nSPS) is 14.5. The van der Waals surface area contributed by atoms with Crippen molar-refractivity contribution in [1.82, 2.24) is 9.97 Å². The lowest BCUT2D eigenvalue weighted by Crippen LogP contribution is -2.31. The number of nitrogens with zero attached hydrogens (tertiary/aromatic N) is 3. The van der Waals surface area contributed by atoms with E-state index in [0.29, 0.717) is 0 Å². The third kappa shape index (κ3) is 2.20. The van der Waals surface area contributed by atoms with Crippen molar-refractivity contribution in [2.75, 3.05) is 11.4 Å². The molecule has 1 aliphatic heterocycles. The summed E-state index contributed by atoms with van der Waals surface area (Å²) < 4.78 is 0. The lowest BCUT2D eigenvalue weighted by Gasteiger charge is -2.30. The summed E-state index contributed by atoms with van der Waals surface area (Å²) in [4.78, 5) is 14.1. The summed E-state index contributed by atoms with van der Waals surface area (Å²) in [6.07, 6.45) is 1.09. The van der Waals surface area contributed by atoms with Crippen LogP contribution in [0.3, 0.4) is 0 Å². The Bertz CT molecular complexity index is 822. The second kappa shape index (κ2) is 4.81. The van der Waals surface area contributed by atoms with E-state index in [0.717, 1.165) is 36.0 Å². The van der Waals surface area contributed by atoms with E-state index in [9.17, 15) is 0 Å². The first kappa shape index (κ1) is 12.8. The molecule has 0 spiro atoms. The van der Waals surface area contributed by atoms with Crippen molar-refractivity contribution in [2.45, 2.75) is 26.8 Å².